The van der Waals surface area contributed by atoms with Crippen LogP contribution in [-0.2, 0) is 24.3 Å². The van der Waals surface area contributed by atoms with E-state index in [0.29, 0.717) is 26.4 Å². The Hall–Kier alpha value is -4.59. The molecule has 0 unspecified atom stereocenters. The number of pyridine rings is 1. The van der Waals surface area contributed by atoms with Gasteiger partial charge in [-0.2, -0.15) is 0 Å². The lowest BCUT2D eigenvalue weighted by molar-refractivity contribution is 0.135. The molecular weight excluding hydrogens is 528 g/mol. The number of unbranched alkanes of at least 4 members (excludes halogenated alkanes) is 1. The first-order chi connectivity index (χ1) is 20.4. The van der Waals surface area contributed by atoms with Crippen molar-refractivity contribution >= 4 is 28.0 Å². The molecule has 1 amide bonds. The average Bonchev–Trinajstić information content (AvgIpc) is 3.33. The molecular formula is C34H38N4O4. The standard InChI is InChI=1S/C34H38N4O4/c1-34(2,3)37-33(39)41-20-11-10-16-31-36-30-23-35-29-22-27(42-24-25-12-6-4-7-13-25)17-18-28(29)32(30)38(31)19-21-40-26-14-8-5-9-15-26/h4-9,12-15,17-18,22-23H,10-11,16,19-21,24H2,1-3H3,(H,37,39). The van der Waals surface area contributed by atoms with E-state index in [1.807, 2.05) is 99.8 Å². The van der Waals surface area contributed by atoms with E-state index in [9.17, 15) is 4.79 Å². The molecule has 3 aromatic carbocycles. The van der Waals surface area contributed by atoms with Crippen LogP contribution in [0, 0.1) is 0 Å². The highest BCUT2D eigenvalue weighted by molar-refractivity contribution is 6.02. The predicted molar refractivity (Wildman–Crippen MR) is 165 cm³/mol. The van der Waals surface area contributed by atoms with Crippen molar-refractivity contribution in [2.45, 2.75) is 58.7 Å². The van der Waals surface area contributed by atoms with Gasteiger partial charge in [0.05, 0.1) is 30.4 Å². The van der Waals surface area contributed by atoms with Crippen LogP contribution >= 0.6 is 0 Å². The highest BCUT2D eigenvalue weighted by Crippen LogP contribution is 2.29. The molecule has 0 saturated carbocycles. The number of carbonyl (C=O) groups excluding carboxylic acids is 1. The number of ether oxygens (including phenoxy) is 3. The zero-order valence-corrected chi connectivity index (χ0v) is 24.5. The Balaban J connectivity index is 1.33. The van der Waals surface area contributed by atoms with Gasteiger partial charge in [-0.15, -0.1) is 0 Å². The topological polar surface area (TPSA) is 87.5 Å². The molecule has 2 aromatic heterocycles. The number of nitrogens with one attached hydrogen (secondary N) is 1. The summed E-state index contributed by atoms with van der Waals surface area (Å²) in [6.45, 7) is 7.77. The van der Waals surface area contributed by atoms with Gasteiger partial charge >= 0.3 is 6.09 Å². The number of para-hydroxylation sites is 1. The summed E-state index contributed by atoms with van der Waals surface area (Å²) in [4.78, 5) is 21.7. The van der Waals surface area contributed by atoms with E-state index in [4.69, 9.17) is 24.2 Å². The molecule has 0 aliphatic heterocycles. The zero-order valence-electron chi connectivity index (χ0n) is 24.5. The molecule has 0 aliphatic rings. The molecule has 8 nitrogen and oxygen atoms in total. The molecule has 0 saturated heterocycles. The summed E-state index contributed by atoms with van der Waals surface area (Å²) in [6.07, 6.45) is 3.75. The van der Waals surface area contributed by atoms with Gasteiger partial charge in [-0.3, -0.25) is 4.98 Å². The molecule has 42 heavy (non-hydrogen) atoms. The SMILES string of the molecule is CC(C)(C)NC(=O)OCCCCc1nc2cnc3cc(OCc4ccccc4)ccc3c2n1CCOc1ccccc1. The van der Waals surface area contributed by atoms with Gasteiger partial charge in [-0.25, -0.2) is 9.78 Å². The summed E-state index contributed by atoms with van der Waals surface area (Å²) in [5.41, 5.74) is 3.51. The number of hydrogen-bond donors (Lipinski definition) is 1. The fourth-order valence-electron chi connectivity index (χ4n) is 4.77. The van der Waals surface area contributed by atoms with Crippen LogP contribution in [0.15, 0.2) is 85.1 Å². The average molecular weight is 567 g/mol. The van der Waals surface area contributed by atoms with Gasteiger partial charge in [0, 0.05) is 23.4 Å². The van der Waals surface area contributed by atoms with Crippen LogP contribution < -0.4 is 14.8 Å². The van der Waals surface area contributed by atoms with Gasteiger partial charge in [-0.1, -0.05) is 48.5 Å². The maximum absolute atomic E-state index is 12.0. The number of benzene rings is 3. The minimum absolute atomic E-state index is 0.324. The maximum atomic E-state index is 12.0. The smallest absolute Gasteiger partial charge is 0.407 e. The number of nitrogens with zero attached hydrogens (tertiary/aromatic N) is 3. The number of hydrogen-bond acceptors (Lipinski definition) is 6. The number of imidazole rings is 1. The number of amides is 1. The van der Waals surface area contributed by atoms with Crippen molar-refractivity contribution in [1.29, 1.82) is 0 Å². The Morgan fingerprint density at radius 1 is 0.857 bits per heavy atom. The van der Waals surface area contributed by atoms with Crippen molar-refractivity contribution < 1.29 is 19.0 Å². The Morgan fingerprint density at radius 2 is 1.62 bits per heavy atom. The third-order valence-electron chi connectivity index (χ3n) is 6.70. The first-order valence-electron chi connectivity index (χ1n) is 14.4. The summed E-state index contributed by atoms with van der Waals surface area (Å²) in [5, 5.41) is 3.84. The van der Waals surface area contributed by atoms with Crippen molar-refractivity contribution in [3.05, 3.63) is 96.4 Å². The van der Waals surface area contributed by atoms with Crippen LogP contribution in [0.1, 0.15) is 45.0 Å². The van der Waals surface area contributed by atoms with E-state index in [1.54, 1.807) is 0 Å². The number of carbonyl (C=O) groups is 1. The Morgan fingerprint density at radius 3 is 2.38 bits per heavy atom. The van der Waals surface area contributed by atoms with Crippen LogP contribution in [0.5, 0.6) is 11.5 Å². The van der Waals surface area contributed by atoms with E-state index in [-0.39, 0.29) is 5.54 Å². The fourth-order valence-corrected chi connectivity index (χ4v) is 4.77. The van der Waals surface area contributed by atoms with Crippen LogP contribution in [0.2, 0.25) is 0 Å². The van der Waals surface area contributed by atoms with Gasteiger partial charge in [0.15, 0.2) is 0 Å². The molecule has 8 heteroatoms. The molecule has 0 fully saturated rings. The van der Waals surface area contributed by atoms with Gasteiger partial charge < -0.3 is 24.1 Å². The fraction of sp³-hybridized carbons (Fsp3) is 0.324. The van der Waals surface area contributed by atoms with E-state index in [2.05, 4.69) is 16.0 Å². The lowest BCUT2D eigenvalue weighted by Crippen LogP contribution is -2.41. The summed E-state index contributed by atoms with van der Waals surface area (Å²) in [5.74, 6) is 2.56. The van der Waals surface area contributed by atoms with E-state index in [0.717, 1.165) is 64.1 Å². The molecule has 5 rings (SSSR count). The summed E-state index contributed by atoms with van der Waals surface area (Å²) < 4.78 is 19.7. The van der Waals surface area contributed by atoms with Crippen molar-refractivity contribution in [3.63, 3.8) is 0 Å². The molecule has 0 atom stereocenters. The highest BCUT2D eigenvalue weighted by atomic mass is 16.5. The van der Waals surface area contributed by atoms with Crippen LogP contribution in [0.4, 0.5) is 4.79 Å². The van der Waals surface area contributed by atoms with Gasteiger partial charge in [0.1, 0.15) is 36.1 Å². The molecule has 218 valence electrons. The van der Waals surface area contributed by atoms with Crippen LogP contribution in [0.25, 0.3) is 21.9 Å². The summed E-state index contributed by atoms with van der Waals surface area (Å²) >= 11 is 0. The molecule has 0 radical (unpaired) electrons. The van der Waals surface area contributed by atoms with Gasteiger partial charge in [-0.05, 0) is 63.4 Å². The van der Waals surface area contributed by atoms with Crippen LogP contribution in [-0.4, -0.2) is 39.4 Å². The number of alkyl carbamates (subject to hydrolysis) is 1. The maximum Gasteiger partial charge on any atom is 0.407 e. The van der Waals surface area contributed by atoms with Crippen LogP contribution in [0.3, 0.4) is 0 Å². The first-order valence-corrected chi connectivity index (χ1v) is 14.4. The van der Waals surface area contributed by atoms with Gasteiger partial charge in [0.2, 0.25) is 0 Å². The number of fused-ring (bicyclic) bond motifs is 3. The molecule has 0 aliphatic carbocycles. The van der Waals surface area contributed by atoms with E-state index in [1.165, 1.54) is 0 Å². The lowest BCUT2D eigenvalue weighted by Gasteiger charge is -2.19. The zero-order chi connectivity index (χ0) is 29.4. The molecule has 1 N–H and O–H groups in total. The molecule has 0 bridgehead atoms. The second-order valence-corrected chi connectivity index (χ2v) is 11.3. The summed E-state index contributed by atoms with van der Waals surface area (Å²) in [7, 11) is 0. The monoisotopic (exact) mass is 566 g/mol. The Bertz CT molecular complexity index is 1610. The van der Waals surface area contributed by atoms with E-state index < -0.39 is 6.09 Å². The third-order valence-corrected chi connectivity index (χ3v) is 6.70. The van der Waals surface area contributed by atoms with Crippen molar-refractivity contribution in [2.75, 3.05) is 13.2 Å². The lowest BCUT2D eigenvalue weighted by atomic mass is 10.1. The first kappa shape index (κ1) is 28.9. The quantitative estimate of drug-likeness (QED) is 0.162. The number of rotatable bonds is 12. The van der Waals surface area contributed by atoms with Crippen molar-refractivity contribution in [2.24, 2.45) is 0 Å². The Kier molecular flexibility index (Phi) is 9.21. The molecule has 0 spiro atoms. The molecule has 2 heterocycles. The number of aromatic nitrogens is 3. The number of aryl methyl sites for hydroxylation is 1. The van der Waals surface area contributed by atoms with Crippen molar-refractivity contribution in [1.82, 2.24) is 19.9 Å². The highest BCUT2D eigenvalue weighted by Gasteiger charge is 2.16. The second kappa shape index (κ2) is 13.4. The minimum atomic E-state index is -0.391. The Labute approximate surface area is 246 Å². The minimum Gasteiger partial charge on any atom is -0.492 e. The van der Waals surface area contributed by atoms with Crippen molar-refractivity contribution in [3.8, 4) is 11.5 Å². The van der Waals surface area contributed by atoms with Gasteiger partial charge in [0.25, 0.3) is 0 Å². The summed E-state index contributed by atoms with van der Waals surface area (Å²) in [6, 6.07) is 26.0. The third kappa shape index (κ3) is 7.78. The second-order valence-electron chi connectivity index (χ2n) is 11.3. The predicted octanol–water partition coefficient (Wildman–Crippen LogP) is 7.09. The molecule has 5 aromatic rings. The van der Waals surface area contributed by atoms with E-state index >= 15 is 0 Å². The normalized spacial score (nSPS) is 11.5. The largest absolute Gasteiger partial charge is 0.492 e.